The van der Waals surface area contributed by atoms with E-state index < -0.39 is 11.9 Å². The average molecular weight is 823 g/mol. The van der Waals surface area contributed by atoms with Gasteiger partial charge in [0.15, 0.2) is 5.82 Å². The van der Waals surface area contributed by atoms with E-state index in [1.807, 2.05) is 82.2 Å². The van der Waals surface area contributed by atoms with Gasteiger partial charge in [0.2, 0.25) is 17.7 Å². The van der Waals surface area contributed by atoms with Gasteiger partial charge in [0, 0.05) is 49.2 Å². The van der Waals surface area contributed by atoms with Crippen LogP contribution in [0.3, 0.4) is 0 Å². The summed E-state index contributed by atoms with van der Waals surface area (Å²) in [6.07, 6.45) is 7.22. The molecule has 6 aromatic rings. The topological polar surface area (TPSA) is 186 Å². The van der Waals surface area contributed by atoms with Gasteiger partial charge >= 0.3 is 5.97 Å². The molecule has 2 aromatic heterocycles. The lowest BCUT2D eigenvalue weighted by molar-refractivity contribution is -0.141. The normalized spacial score (nSPS) is 15.4. The molecule has 2 aliphatic rings. The number of unbranched alkanes of at least 4 members (excludes halogenated alkanes) is 2. The molecular formula is C48H54N8O5. The number of benzene rings is 4. The predicted molar refractivity (Wildman–Crippen MR) is 238 cm³/mol. The van der Waals surface area contributed by atoms with Gasteiger partial charge in [-0.1, -0.05) is 99.5 Å². The highest BCUT2D eigenvalue weighted by atomic mass is 16.4. The first-order valence-corrected chi connectivity index (χ1v) is 20.9. The number of anilines is 2. The van der Waals surface area contributed by atoms with E-state index in [9.17, 15) is 19.2 Å². The zero-order valence-corrected chi connectivity index (χ0v) is 34.7. The molecule has 2 fully saturated rings. The Kier molecular flexibility index (Phi) is 15.2. The van der Waals surface area contributed by atoms with Crippen LogP contribution in [0.5, 0.6) is 0 Å². The van der Waals surface area contributed by atoms with E-state index >= 15 is 0 Å². The van der Waals surface area contributed by atoms with Crippen molar-refractivity contribution < 1.29 is 24.3 Å². The number of rotatable bonds is 13. The van der Waals surface area contributed by atoms with Crippen LogP contribution in [0.1, 0.15) is 63.5 Å². The van der Waals surface area contributed by atoms with E-state index in [2.05, 4.69) is 88.5 Å². The third-order valence-corrected chi connectivity index (χ3v) is 10.4. The van der Waals surface area contributed by atoms with E-state index in [1.165, 1.54) is 24.0 Å². The number of nitrogens with two attached hydrogens (primary N) is 1. The van der Waals surface area contributed by atoms with Crippen molar-refractivity contribution in [2.24, 2.45) is 11.8 Å². The number of carbonyl (C=O) groups excluding carboxylic acids is 3. The molecule has 13 heteroatoms. The summed E-state index contributed by atoms with van der Waals surface area (Å²) in [6.45, 7) is 5.07. The SMILES string of the molecule is CCCCc1cccc(-c2cc(N)nn2-c2ccccc2)c1.CCCCc1cccc(-c2cc(NC(=O)[C@H]3CNC(=O)C3)nn2-c2ccccc2)c1.O=C1C[C@@H](C(=O)O)CN1. The quantitative estimate of drug-likeness (QED) is 0.0787. The van der Waals surface area contributed by atoms with Crippen LogP contribution in [0.25, 0.3) is 33.9 Å². The number of aliphatic carboxylic acids is 1. The van der Waals surface area contributed by atoms with Crippen molar-refractivity contribution in [2.45, 2.75) is 65.2 Å². The molecule has 13 nitrogen and oxygen atoms in total. The molecule has 316 valence electrons. The molecule has 8 rings (SSSR count). The van der Waals surface area contributed by atoms with Gasteiger partial charge in [0.25, 0.3) is 0 Å². The Bertz CT molecular complexity index is 2410. The maximum Gasteiger partial charge on any atom is 0.308 e. The van der Waals surface area contributed by atoms with E-state index in [-0.39, 0.29) is 43.0 Å². The fourth-order valence-corrected chi connectivity index (χ4v) is 7.12. The summed E-state index contributed by atoms with van der Waals surface area (Å²) in [4.78, 5) is 44.5. The fraction of sp³-hybridized carbons (Fsp3) is 0.292. The summed E-state index contributed by atoms with van der Waals surface area (Å²) < 4.78 is 3.76. The molecule has 2 atom stereocenters. The first-order chi connectivity index (χ1) is 29.6. The number of aromatic nitrogens is 4. The molecule has 0 unspecified atom stereocenters. The number of nitrogen functional groups attached to an aromatic ring is 1. The minimum atomic E-state index is -0.895. The second kappa shape index (κ2) is 21.3. The van der Waals surface area contributed by atoms with Gasteiger partial charge in [-0.25, -0.2) is 9.36 Å². The number of nitrogens with one attached hydrogen (secondary N) is 3. The van der Waals surface area contributed by atoms with Crippen LogP contribution in [0.2, 0.25) is 0 Å². The molecule has 0 saturated carbocycles. The number of aryl methyl sites for hydroxylation is 2. The predicted octanol–water partition coefficient (Wildman–Crippen LogP) is 7.63. The fourth-order valence-electron chi connectivity index (χ4n) is 7.12. The van der Waals surface area contributed by atoms with Crippen molar-refractivity contribution in [3.8, 4) is 33.9 Å². The molecule has 2 aliphatic heterocycles. The summed E-state index contributed by atoms with van der Waals surface area (Å²) in [5, 5.41) is 25.5. The Morgan fingerprint density at radius 1 is 0.672 bits per heavy atom. The van der Waals surface area contributed by atoms with Crippen LogP contribution in [0.15, 0.2) is 121 Å². The molecule has 61 heavy (non-hydrogen) atoms. The second-order valence-corrected chi connectivity index (χ2v) is 15.2. The Hall–Kier alpha value is -7.02. The standard InChI is InChI=1S/C24H26N4O2.C19H21N3.C5H7NO3/c1-2-3-8-17-9-7-10-18(13-17)21-15-22(26-24(30)19-14-23(29)25-16-19)27-28(21)20-11-5-4-6-12-20;1-2-3-8-15-9-7-10-16(13-15)18-14-19(20)21-22(18)17-11-5-4-6-12-17;7-4-1-3(2-6-4)5(8)9/h4-7,9-13,15,19H,2-3,8,14,16H2,1H3,(H,25,29)(H,26,27,30);4-7,9-14H,2-3,8H2,1H3,(H2,20,21);3H,1-2H2,(H,6,7)(H,8,9)/t19-;;3-/m1.1/s1. The molecule has 0 aliphatic carbocycles. The lowest BCUT2D eigenvalue weighted by Crippen LogP contribution is -2.24. The molecule has 4 heterocycles. The molecular weight excluding hydrogens is 769 g/mol. The van der Waals surface area contributed by atoms with Crippen LogP contribution >= 0.6 is 0 Å². The third kappa shape index (κ3) is 12.0. The maximum atomic E-state index is 12.6. The summed E-state index contributed by atoms with van der Waals surface area (Å²) in [6, 6.07) is 40.9. The minimum absolute atomic E-state index is 0.0884. The highest BCUT2D eigenvalue weighted by Gasteiger charge is 2.29. The van der Waals surface area contributed by atoms with Crippen LogP contribution in [0.4, 0.5) is 11.6 Å². The Balaban J connectivity index is 0.000000175. The monoisotopic (exact) mass is 822 g/mol. The van der Waals surface area contributed by atoms with E-state index in [0.29, 0.717) is 18.2 Å². The molecule has 0 bridgehead atoms. The van der Waals surface area contributed by atoms with E-state index in [0.717, 1.165) is 59.6 Å². The minimum Gasteiger partial charge on any atom is -0.481 e. The van der Waals surface area contributed by atoms with Crippen molar-refractivity contribution in [3.63, 3.8) is 0 Å². The lowest BCUT2D eigenvalue weighted by Gasteiger charge is -2.09. The zero-order chi connectivity index (χ0) is 43.1. The largest absolute Gasteiger partial charge is 0.481 e. The van der Waals surface area contributed by atoms with Gasteiger partial charge in [-0.15, -0.1) is 5.10 Å². The maximum absolute atomic E-state index is 12.6. The summed E-state index contributed by atoms with van der Waals surface area (Å²) in [7, 11) is 0. The van der Waals surface area contributed by atoms with Crippen molar-refractivity contribution in [2.75, 3.05) is 24.1 Å². The summed E-state index contributed by atoms with van der Waals surface area (Å²) >= 11 is 0. The number of carboxylic acid groups (broad SMARTS) is 1. The zero-order valence-electron chi connectivity index (χ0n) is 34.7. The highest BCUT2D eigenvalue weighted by Crippen LogP contribution is 2.29. The van der Waals surface area contributed by atoms with Crippen LogP contribution in [-0.2, 0) is 32.0 Å². The Morgan fingerprint density at radius 2 is 1.16 bits per heavy atom. The number of carbonyl (C=O) groups is 4. The van der Waals surface area contributed by atoms with Crippen molar-refractivity contribution in [3.05, 3.63) is 132 Å². The van der Waals surface area contributed by atoms with Gasteiger partial charge in [0.05, 0.1) is 34.6 Å². The van der Waals surface area contributed by atoms with Crippen molar-refractivity contribution >= 4 is 35.3 Å². The molecule has 2 saturated heterocycles. The number of hydrogen-bond donors (Lipinski definition) is 5. The molecule has 0 spiro atoms. The average Bonchev–Trinajstić information content (AvgIpc) is 4.11. The lowest BCUT2D eigenvalue weighted by atomic mass is 10.0. The number of nitrogens with zero attached hydrogens (tertiary/aromatic N) is 4. The number of carboxylic acids is 1. The van der Waals surface area contributed by atoms with E-state index in [4.69, 9.17) is 10.8 Å². The van der Waals surface area contributed by atoms with Crippen molar-refractivity contribution in [1.29, 1.82) is 0 Å². The smallest absolute Gasteiger partial charge is 0.308 e. The van der Waals surface area contributed by atoms with E-state index in [1.54, 1.807) is 0 Å². The Morgan fingerprint density at radius 3 is 1.62 bits per heavy atom. The van der Waals surface area contributed by atoms with Gasteiger partial charge in [-0.05, 0) is 73.2 Å². The van der Waals surface area contributed by atoms with Crippen LogP contribution < -0.4 is 21.7 Å². The molecule has 3 amide bonds. The van der Waals surface area contributed by atoms with Gasteiger partial charge in [-0.2, -0.15) is 5.10 Å². The second-order valence-electron chi connectivity index (χ2n) is 15.2. The van der Waals surface area contributed by atoms with Gasteiger partial charge in [0.1, 0.15) is 5.82 Å². The molecule has 4 aromatic carbocycles. The number of hydrogen-bond acceptors (Lipinski definition) is 7. The third-order valence-electron chi connectivity index (χ3n) is 10.4. The molecule has 0 radical (unpaired) electrons. The van der Waals surface area contributed by atoms with Gasteiger partial charge < -0.3 is 26.8 Å². The molecule has 6 N–H and O–H groups in total. The van der Waals surface area contributed by atoms with Gasteiger partial charge in [-0.3, -0.25) is 19.2 Å². The highest BCUT2D eigenvalue weighted by molar-refractivity contribution is 5.97. The van der Waals surface area contributed by atoms with Crippen LogP contribution in [0, 0.1) is 11.8 Å². The Labute approximate surface area is 356 Å². The summed E-state index contributed by atoms with van der Waals surface area (Å²) in [5.41, 5.74) is 14.7. The summed E-state index contributed by atoms with van der Waals surface area (Å²) in [5.74, 6) is -1.17. The first kappa shape index (κ1) is 43.6. The van der Waals surface area contributed by atoms with Crippen molar-refractivity contribution in [1.82, 2.24) is 30.2 Å². The first-order valence-electron chi connectivity index (χ1n) is 20.9. The number of para-hydroxylation sites is 2. The van der Waals surface area contributed by atoms with Crippen LogP contribution in [-0.4, -0.2) is 61.4 Å². The number of amides is 3.